The molecular weight excluding hydrogens is 304 g/mol. The number of hydrogen-bond acceptors (Lipinski definition) is 6. The summed E-state index contributed by atoms with van der Waals surface area (Å²) in [5.74, 6) is -0.380. The molecule has 1 aliphatic heterocycles. The third-order valence-electron chi connectivity index (χ3n) is 3.81. The predicted octanol–water partition coefficient (Wildman–Crippen LogP) is 0.719. The van der Waals surface area contributed by atoms with E-state index < -0.39 is 22.4 Å². The number of carbonyl (C=O) groups excluding carboxylic acids is 2. The van der Waals surface area contributed by atoms with Crippen molar-refractivity contribution in [2.24, 2.45) is 5.73 Å². The maximum atomic E-state index is 12.6. The number of nitrogens with zero attached hydrogens (tertiary/aromatic N) is 2. The predicted molar refractivity (Wildman–Crippen MR) is 80.9 cm³/mol. The van der Waals surface area contributed by atoms with Crippen LogP contribution in [-0.4, -0.2) is 42.0 Å². The second-order valence-electron chi connectivity index (χ2n) is 5.30. The van der Waals surface area contributed by atoms with Crippen LogP contribution in [0, 0.1) is 10.1 Å². The van der Waals surface area contributed by atoms with Crippen LogP contribution in [0.2, 0.25) is 0 Å². The van der Waals surface area contributed by atoms with E-state index >= 15 is 0 Å². The van der Waals surface area contributed by atoms with Gasteiger partial charge in [0.2, 0.25) is 0 Å². The van der Waals surface area contributed by atoms with Crippen LogP contribution in [0.5, 0.6) is 5.75 Å². The minimum absolute atomic E-state index is 0.0825. The van der Waals surface area contributed by atoms with Crippen molar-refractivity contribution in [1.82, 2.24) is 10.2 Å². The Hall–Kier alpha value is -2.68. The van der Waals surface area contributed by atoms with E-state index in [4.69, 9.17) is 10.5 Å². The zero-order chi connectivity index (χ0) is 17.2. The number of hydrogen-bond donors (Lipinski definition) is 2. The summed E-state index contributed by atoms with van der Waals surface area (Å²) in [5, 5.41) is 13.7. The summed E-state index contributed by atoms with van der Waals surface area (Å²) >= 11 is 0. The SMILES string of the molecule is COc1ccc(C2(C)NC(=O)N(CCCN)C2=O)cc1[N+](=O)[O-]. The summed E-state index contributed by atoms with van der Waals surface area (Å²) in [4.78, 5) is 36.2. The number of nitro benzene ring substituents is 1. The van der Waals surface area contributed by atoms with E-state index in [1.807, 2.05) is 0 Å². The minimum Gasteiger partial charge on any atom is -0.490 e. The normalized spacial score (nSPS) is 20.6. The van der Waals surface area contributed by atoms with Crippen molar-refractivity contribution in [2.75, 3.05) is 20.2 Å². The Morgan fingerprint density at radius 2 is 2.13 bits per heavy atom. The van der Waals surface area contributed by atoms with E-state index in [0.717, 1.165) is 4.90 Å². The van der Waals surface area contributed by atoms with Crippen LogP contribution >= 0.6 is 0 Å². The first-order valence-corrected chi connectivity index (χ1v) is 7.02. The van der Waals surface area contributed by atoms with Crippen LogP contribution in [0.3, 0.4) is 0 Å². The Kier molecular flexibility index (Phi) is 4.50. The average molecular weight is 322 g/mol. The standard InChI is InChI=1S/C14H18N4O5/c1-14(12(19)17(7-3-6-15)13(20)16-14)9-4-5-11(23-2)10(8-9)18(21)22/h4-5,8H,3,6-7,15H2,1-2H3,(H,16,20). The van der Waals surface area contributed by atoms with Crippen LogP contribution in [0.25, 0.3) is 0 Å². The van der Waals surface area contributed by atoms with Crippen LogP contribution in [-0.2, 0) is 10.3 Å². The fraction of sp³-hybridized carbons (Fsp3) is 0.429. The lowest BCUT2D eigenvalue weighted by Crippen LogP contribution is -2.41. The third-order valence-corrected chi connectivity index (χ3v) is 3.81. The molecule has 0 aliphatic carbocycles. The molecule has 0 bridgehead atoms. The van der Waals surface area contributed by atoms with E-state index in [2.05, 4.69) is 5.32 Å². The van der Waals surface area contributed by atoms with Gasteiger partial charge in [-0.25, -0.2) is 4.79 Å². The number of urea groups is 1. The summed E-state index contributed by atoms with van der Waals surface area (Å²) in [7, 11) is 1.32. The molecule has 0 aromatic heterocycles. The van der Waals surface area contributed by atoms with Gasteiger partial charge in [-0.1, -0.05) is 6.07 Å². The van der Waals surface area contributed by atoms with E-state index in [0.29, 0.717) is 18.5 Å². The van der Waals surface area contributed by atoms with Crippen LogP contribution < -0.4 is 15.8 Å². The molecule has 1 unspecified atom stereocenters. The first-order valence-electron chi connectivity index (χ1n) is 7.02. The van der Waals surface area contributed by atoms with Crippen LogP contribution in [0.1, 0.15) is 18.9 Å². The number of nitrogens with one attached hydrogen (secondary N) is 1. The molecule has 23 heavy (non-hydrogen) atoms. The highest BCUT2D eigenvalue weighted by Crippen LogP contribution is 2.35. The summed E-state index contributed by atoms with van der Waals surface area (Å²) in [6.45, 7) is 2.07. The number of methoxy groups -OCH3 is 1. The number of imide groups is 1. The average Bonchev–Trinajstić information content (AvgIpc) is 2.75. The number of benzene rings is 1. The molecule has 0 spiro atoms. The molecule has 1 fully saturated rings. The zero-order valence-electron chi connectivity index (χ0n) is 12.9. The second kappa shape index (κ2) is 6.21. The van der Waals surface area contributed by atoms with Crippen LogP contribution in [0.4, 0.5) is 10.5 Å². The molecule has 1 aromatic carbocycles. The Balaban J connectivity index is 2.41. The van der Waals surface area contributed by atoms with Gasteiger partial charge in [-0.3, -0.25) is 19.8 Å². The molecule has 3 N–H and O–H groups in total. The molecule has 1 aromatic rings. The van der Waals surface area contributed by atoms with E-state index in [-0.39, 0.29) is 18.0 Å². The summed E-state index contributed by atoms with van der Waals surface area (Å²) < 4.78 is 4.94. The summed E-state index contributed by atoms with van der Waals surface area (Å²) in [6.07, 6.45) is 0.484. The monoisotopic (exact) mass is 322 g/mol. The molecule has 1 saturated heterocycles. The topological polar surface area (TPSA) is 128 Å². The first-order chi connectivity index (χ1) is 10.8. The lowest BCUT2D eigenvalue weighted by molar-refractivity contribution is -0.385. The highest BCUT2D eigenvalue weighted by atomic mass is 16.6. The lowest BCUT2D eigenvalue weighted by atomic mass is 9.91. The van der Waals surface area contributed by atoms with Gasteiger partial charge in [0.15, 0.2) is 5.75 Å². The van der Waals surface area contributed by atoms with Gasteiger partial charge in [0.25, 0.3) is 5.91 Å². The van der Waals surface area contributed by atoms with E-state index in [9.17, 15) is 19.7 Å². The number of amides is 3. The minimum atomic E-state index is -1.36. The van der Waals surface area contributed by atoms with Crippen molar-refractivity contribution in [3.63, 3.8) is 0 Å². The molecule has 124 valence electrons. The molecule has 9 heteroatoms. The lowest BCUT2D eigenvalue weighted by Gasteiger charge is -2.22. The van der Waals surface area contributed by atoms with Gasteiger partial charge < -0.3 is 15.8 Å². The van der Waals surface area contributed by atoms with Gasteiger partial charge in [-0.2, -0.15) is 0 Å². The first kappa shape index (κ1) is 16.7. The number of rotatable bonds is 6. The van der Waals surface area contributed by atoms with Crippen molar-refractivity contribution >= 4 is 17.6 Å². The number of nitro groups is 1. The van der Waals surface area contributed by atoms with Crippen LogP contribution in [0.15, 0.2) is 18.2 Å². The Bertz CT molecular complexity index is 663. The van der Waals surface area contributed by atoms with E-state index in [1.165, 1.54) is 32.2 Å². The van der Waals surface area contributed by atoms with Crippen molar-refractivity contribution in [2.45, 2.75) is 18.9 Å². The van der Waals surface area contributed by atoms with Crippen molar-refractivity contribution in [1.29, 1.82) is 0 Å². The highest BCUT2D eigenvalue weighted by molar-refractivity contribution is 6.07. The smallest absolute Gasteiger partial charge is 0.325 e. The third kappa shape index (κ3) is 2.82. The molecule has 1 atom stereocenters. The zero-order valence-corrected chi connectivity index (χ0v) is 12.9. The summed E-state index contributed by atoms with van der Waals surface area (Å²) in [6, 6.07) is 3.63. The molecule has 0 radical (unpaired) electrons. The number of carbonyl (C=O) groups is 2. The van der Waals surface area contributed by atoms with Gasteiger partial charge >= 0.3 is 11.7 Å². The van der Waals surface area contributed by atoms with Gasteiger partial charge in [0, 0.05) is 12.6 Å². The van der Waals surface area contributed by atoms with E-state index in [1.54, 1.807) is 0 Å². The quantitative estimate of drug-likeness (QED) is 0.451. The molecule has 1 aliphatic rings. The van der Waals surface area contributed by atoms with Crippen molar-refractivity contribution in [3.8, 4) is 5.75 Å². The highest BCUT2D eigenvalue weighted by Gasteiger charge is 2.49. The molecule has 1 heterocycles. The molecular formula is C14H18N4O5. The summed E-state index contributed by atoms with van der Waals surface area (Å²) in [5.41, 5.74) is 4.09. The van der Waals surface area contributed by atoms with Crippen molar-refractivity contribution in [3.05, 3.63) is 33.9 Å². The molecule has 0 saturated carbocycles. The maximum absolute atomic E-state index is 12.6. The van der Waals surface area contributed by atoms with Gasteiger partial charge in [-0.15, -0.1) is 0 Å². The fourth-order valence-electron chi connectivity index (χ4n) is 2.49. The number of ether oxygens (including phenoxy) is 1. The molecule has 2 rings (SSSR count). The van der Waals surface area contributed by atoms with Gasteiger partial charge in [0.1, 0.15) is 5.54 Å². The van der Waals surface area contributed by atoms with Gasteiger partial charge in [0.05, 0.1) is 12.0 Å². The Morgan fingerprint density at radius 1 is 1.43 bits per heavy atom. The van der Waals surface area contributed by atoms with Gasteiger partial charge in [-0.05, 0) is 31.5 Å². The van der Waals surface area contributed by atoms with Crippen molar-refractivity contribution < 1.29 is 19.2 Å². The maximum Gasteiger partial charge on any atom is 0.325 e. The Morgan fingerprint density at radius 3 is 2.70 bits per heavy atom. The number of nitrogens with two attached hydrogens (primary N) is 1. The Labute approximate surface area is 132 Å². The second-order valence-corrected chi connectivity index (χ2v) is 5.30. The fourth-order valence-corrected chi connectivity index (χ4v) is 2.49. The molecule has 3 amide bonds. The molecule has 9 nitrogen and oxygen atoms in total. The largest absolute Gasteiger partial charge is 0.490 e.